The van der Waals surface area contributed by atoms with Gasteiger partial charge in [0.2, 0.25) is 10.0 Å². The highest BCUT2D eigenvalue weighted by atomic mass is 32.2. The van der Waals surface area contributed by atoms with E-state index in [4.69, 9.17) is 5.11 Å². The second kappa shape index (κ2) is 5.38. The summed E-state index contributed by atoms with van der Waals surface area (Å²) in [4.78, 5) is 0.260. The summed E-state index contributed by atoms with van der Waals surface area (Å²) >= 11 is 0. The second-order valence-electron chi connectivity index (χ2n) is 4.89. The Labute approximate surface area is 108 Å². The lowest BCUT2D eigenvalue weighted by Crippen LogP contribution is -2.34. The number of nitrogens with zero attached hydrogens (tertiary/aromatic N) is 1. The third-order valence-electron chi connectivity index (χ3n) is 3.53. The summed E-state index contributed by atoms with van der Waals surface area (Å²) in [5, 5.41) is 9.05. The molecule has 1 aromatic carbocycles. The standard InChI is InChI=1S/C13H19NO3S/c1-14(9-11-4-2-5-11)18(16,17)13-7-3-6-12(8-13)10-15/h3,6-8,11,15H,2,4-5,9-10H2,1H3. The fourth-order valence-electron chi connectivity index (χ4n) is 2.12. The molecule has 0 aliphatic heterocycles. The first-order valence-electron chi connectivity index (χ1n) is 6.20. The Balaban J connectivity index is 2.17. The van der Waals surface area contributed by atoms with Crippen molar-refractivity contribution < 1.29 is 13.5 Å². The third kappa shape index (κ3) is 2.74. The van der Waals surface area contributed by atoms with Crippen molar-refractivity contribution in [2.45, 2.75) is 30.8 Å². The molecule has 0 unspecified atom stereocenters. The highest BCUT2D eigenvalue weighted by molar-refractivity contribution is 7.89. The molecule has 1 fully saturated rings. The molecule has 0 amide bonds. The minimum atomic E-state index is -3.42. The number of benzene rings is 1. The van der Waals surface area contributed by atoms with E-state index in [9.17, 15) is 8.42 Å². The van der Waals surface area contributed by atoms with Gasteiger partial charge in [0.15, 0.2) is 0 Å². The largest absolute Gasteiger partial charge is 0.392 e. The molecule has 1 saturated carbocycles. The molecule has 1 N–H and O–H groups in total. The maximum atomic E-state index is 12.3. The third-order valence-corrected chi connectivity index (χ3v) is 5.35. The molecule has 5 heteroatoms. The van der Waals surface area contributed by atoms with Crippen molar-refractivity contribution >= 4 is 10.0 Å². The molecule has 18 heavy (non-hydrogen) atoms. The van der Waals surface area contributed by atoms with Crippen LogP contribution < -0.4 is 0 Å². The zero-order chi connectivity index (χ0) is 13.2. The normalized spacial score (nSPS) is 16.8. The van der Waals surface area contributed by atoms with Gasteiger partial charge in [-0.05, 0) is 36.5 Å². The first kappa shape index (κ1) is 13.5. The number of sulfonamides is 1. The summed E-state index contributed by atoms with van der Waals surface area (Å²) in [6, 6.07) is 6.49. The fraction of sp³-hybridized carbons (Fsp3) is 0.538. The molecule has 0 atom stereocenters. The van der Waals surface area contributed by atoms with Crippen molar-refractivity contribution in [3.63, 3.8) is 0 Å². The highest BCUT2D eigenvalue weighted by Gasteiger charge is 2.26. The summed E-state index contributed by atoms with van der Waals surface area (Å²) < 4.78 is 26.1. The van der Waals surface area contributed by atoms with Gasteiger partial charge in [-0.1, -0.05) is 18.6 Å². The van der Waals surface area contributed by atoms with E-state index < -0.39 is 10.0 Å². The monoisotopic (exact) mass is 269 g/mol. The Morgan fingerprint density at radius 1 is 1.39 bits per heavy atom. The van der Waals surface area contributed by atoms with E-state index in [2.05, 4.69) is 0 Å². The van der Waals surface area contributed by atoms with Crippen molar-refractivity contribution in [1.82, 2.24) is 4.31 Å². The molecule has 0 aromatic heterocycles. The fourth-order valence-corrected chi connectivity index (χ4v) is 3.44. The number of hydrogen-bond acceptors (Lipinski definition) is 3. The van der Waals surface area contributed by atoms with E-state index in [1.165, 1.54) is 16.8 Å². The van der Waals surface area contributed by atoms with Crippen LogP contribution in [0.3, 0.4) is 0 Å². The molecular formula is C13H19NO3S. The summed E-state index contributed by atoms with van der Waals surface area (Å²) in [5.74, 6) is 0.505. The van der Waals surface area contributed by atoms with Crippen molar-refractivity contribution in [2.24, 2.45) is 5.92 Å². The van der Waals surface area contributed by atoms with Crippen LogP contribution in [0.15, 0.2) is 29.2 Å². The van der Waals surface area contributed by atoms with Crippen LogP contribution in [0.2, 0.25) is 0 Å². The van der Waals surface area contributed by atoms with Crippen LogP contribution >= 0.6 is 0 Å². The predicted octanol–water partition coefficient (Wildman–Crippen LogP) is 1.60. The minimum absolute atomic E-state index is 0.143. The van der Waals surface area contributed by atoms with E-state index in [0.29, 0.717) is 18.0 Å². The van der Waals surface area contributed by atoms with E-state index in [1.54, 1.807) is 25.2 Å². The quantitative estimate of drug-likeness (QED) is 0.883. The first-order valence-corrected chi connectivity index (χ1v) is 7.64. The summed E-state index contributed by atoms with van der Waals surface area (Å²) in [6.07, 6.45) is 3.45. The van der Waals surface area contributed by atoms with Gasteiger partial charge in [0.05, 0.1) is 11.5 Å². The van der Waals surface area contributed by atoms with E-state index in [-0.39, 0.29) is 11.5 Å². The first-order chi connectivity index (χ1) is 8.54. The molecule has 2 rings (SSSR count). The summed E-state index contributed by atoms with van der Waals surface area (Å²) in [6.45, 7) is 0.446. The van der Waals surface area contributed by atoms with Crippen molar-refractivity contribution in [3.05, 3.63) is 29.8 Å². The van der Waals surface area contributed by atoms with Gasteiger partial charge in [-0.15, -0.1) is 0 Å². The lowest BCUT2D eigenvalue weighted by molar-refractivity contribution is 0.263. The van der Waals surface area contributed by atoms with E-state index in [0.717, 1.165) is 12.8 Å². The van der Waals surface area contributed by atoms with Crippen molar-refractivity contribution in [3.8, 4) is 0 Å². The van der Waals surface area contributed by atoms with Gasteiger partial charge in [-0.3, -0.25) is 0 Å². The Morgan fingerprint density at radius 3 is 2.67 bits per heavy atom. The lowest BCUT2D eigenvalue weighted by Gasteiger charge is -2.29. The zero-order valence-corrected chi connectivity index (χ0v) is 11.4. The summed E-state index contributed by atoms with van der Waals surface area (Å²) in [7, 11) is -1.80. The SMILES string of the molecule is CN(CC1CCC1)S(=O)(=O)c1cccc(CO)c1. The van der Waals surface area contributed by atoms with Crippen molar-refractivity contribution in [2.75, 3.05) is 13.6 Å². The molecule has 0 radical (unpaired) electrons. The van der Waals surface area contributed by atoms with Gasteiger partial charge in [0.1, 0.15) is 0 Å². The molecule has 1 aliphatic rings. The average Bonchev–Trinajstić information content (AvgIpc) is 2.33. The Kier molecular flexibility index (Phi) is 4.04. The van der Waals surface area contributed by atoms with Crippen LogP contribution in [0.25, 0.3) is 0 Å². The van der Waals surface area contributed by atoms with Gasteiger partial charge < -0.3 is 5.11 Å². The van der Waals surface area contributed by atoms with Crippen LogP contribution in [0.5, 0.6) is 0 Å². The Morgan fingerprint density at radius 2 is 2.11 bits per heavy atom. The highest BCUT2D eigenvalue weighted by Crippen LogP contribution is 2.28. The van der Waals surface area contributed by atoms with Gasteiger partial charge >= 0.3 is 0 Å². The Bertz CT molecular complexity index is 509. The topological polar surface area (TPSA) is 57.6 Å². The van der Waals surface area contributed by atoms with Gasteiger partial charge in [-0.2, -0.15) is 0 Å². The van der Waals surface area contributed by atoms with Gasteiger partial charge in [0, 0.05) is 13.6 Å². The number of aliphatic hydroxyl groups excluding tert-OH is 1. The molecule has 4 nitrogen and oxygen atoms in total. The predicted molar refractivity (Wildman–Crippen MR) is 69.5 cm³/mol. The maximum absolute atomic E-state index is 12.3. The van der Waals surface area contributed by atoms with Gasteiger partial charge in [-0.25, -0.2) is 12.7 Å². The average molecular weight is 269 g/mol. The van der Waals surface area contributed by atoms with Crippen molar-refractivity contribution in [1.29, 1.82) is 0 Å². The van der Waals surface area contributed by atoms with E-state index >= 15 is 0 Å². The molecule has 1 aliphatic carbocycles. The molecular weight excluding hydrogens is 250 g/mol. The maximum Gasteiger partial charge on any atom is 0.242 e. The molecule has 0 saturated heterocycles. The minimum Gasteiger partial charge on any atom is -0.392 e. The molecule has 100 valence electrons. The molecule has 0 spiro atoms. The molecule has 0 heterocycles. The summed E-state index contributed by atoms with van der Waals surface area (Å²) in [5.41, 5.74) is 0.619. The number of hydrogen-bond donors (Lipinski definition) is 1. The molecule has 0 bridgehead atoms. The van der Waals surface area contributed by atoms with Crippen LogP contribution in [-0.2, 0) is 16.6 Å². The van der Waals surface area contributed by atoms with E-state index in [1.807, 2.05) is 0 Å². The van der Waals surface area contributed by atoms with Crippen LogP contribution in [0.1, 0.15) is 24.8 Å². The van der Waals surface area contributed by atoms with Crippen LogP contribution in [0.4, 0.5) is 0 Å². The lowest BCUT2D eigenvalue weighted by atomic mass is 9.86. The van der Waals surface area contributed by atoms with Gasteiger partial charge in [0.25, 0.3) is 0 Å². The zero-order valence-electron chi connectivity index (χ0n) is 10.5. The Hall–Kier alpha value is -0.910. The number of rotatable bonds is 5. The molecule has 1 aromatic rings. The van der Waals surface area contributed by atoms with Crippen LogP contribution in [0, 0.1) is 5.92 Å². The number of aliphatic hydroxyl groups is 1. The smallest absolute Gasteiger partial charge is 0.242 e. The van der Waals surface area contributed by atoms with Crippen LogP contribution in [-0.4, -0.2) is 31.4 Å². The second-order valence-corrected chi connectivity index (χ2v) is 6.93.